The minimum Gasteiger partial charge on any atom is -0.503 e. The Morgan fingerprint density at radius 1 is 1.25 bits per heavy atom. The fourth-order valence-corrected chi connectivity index (χ4v) is 4.63. The summed E-state index contributed by atoms with van der Waals surface area (Å²) in [5, 5.41) is 10.9. The molecule has 0 atom stereocenters. The van der Waals surface area contributed by atoms with Gasteiger partial charge < -0.3 is 14.6 Å². The fraction of sp³-hybridized carbons (Fsp3) is 0.348. The topological polar surface area (TPSA) is 74.9 Å². The zero-order chi connectivity index (χ0) is 23.4. The number of aromatic hydroxyl groups is 1. The largest absolute Gasteiger partial charge is 0.503 e. The lowest BCUT2D eigenvalue weighted by molar-refractivity contribution is 0.0707. The molecule has 0 fully saturated rings. The van der Waals surface area contributed by atoms with E-state index in [1.54, 1.807) is 15.7 Å². The number of aliphatic imine (C=N–C) groups is 1. The van der Waals surface area contributed by atoms with E-state index in [0.717, 1.165) is 11.0 Å². The van der Waals surface area contributed by atoms with Crippen LogP contribution in [0.4, 0.5) is 8.78 Å². The lowest BCUT2D eigenvalue weighted by Gasteiger charge is -2.29. The number of nitrogens with zero attached hydrogens (tertiary/aromatic N) is 3. The van der Waals surface area contributed by atoms with Crippen molar-refractivity contribution in [2.24, 2.45) is 4.99 Å². The smallest absolute Gasteiger partial charge is 0.274 e. The average Bonchev–Trinajstić information content (AvgIpc) is 2.76. The molecule has 0 unspecified atom stereocenters. The monoisotopic (exact) mass is 461 g/mol. The van der Waals surface area contributed by atoms with E-state index in [0.29, 0.717) is 36.7 Å². The number of fused-ring (bicyclic) bond motifs is 1. The summed E-state index contributed by atoms with van der Waals surface area (Å²) >= 11 is 1.19. The Kier molecular flexibility index (Phi) is 7.50. The zero-order valence-corrected chi connectivity index (χ0v) is 19.0. The molecule has 6 nitrogen and oxygen atoms in total. The molecule has 0 aliphatic carbocycles. The molecule has 2 aromatic rings. The van der Waals surface area contributed by atoms with Crippen LogP contribution in [0.2, 0.25) is 0 Å². The SMILES string of the molecule is CC/C=C(\Cc1ccc(F)cc1F)SC(=NC)c1cn2c(c(O)c1=O)C(=O)N(CC)CC2. The maximum atomic E-state index is 14.2. The number of carbonyl (C=O) groups excluding carboxylic acids is 1. The first-order valence-corrected chi connectivity index (χ1v) is 11.2. The number of likely N-dealkylation sites (N-methyl/N-ethyl adjacent to an activating group) is 1. The molecule has 0 bridgehead atoms. The summed E-state index contributed by atoms with van der Waals surface area (Å²) in [7, 11) is 1.52. The highest BCUT2D eigenvalue weighted by Crippen LogP contribution is 2.28. The van der Waals surface area contributed by atoms with Gasteiger partial charge >= 0.3 is 0 Å². The van der Waals surface area contributed by atoms with Gasteiger partial charge in [-0.3, -0.25) is 14.6 Å². The summed E-state index contributed by atoms with van der Waals surface area (Å²) in [6.45, 7) is 5.16. The normalized spacial score (nSPS) is 14.7. The van der Waals surface area contributed by atoms with Crippen molar-refractivity contribution in [2.75, 3.05) is 20.1 Å². The van der Waals surface area contributed by atoms with Crippen LogP contribution in [0.15, 0.2) is 45.2 Å². The molecule has 170 valence electrons. The molecule has 3 rings (SSSR count). The highest BCUT2D eigenvalue weighted by Gasteiger charge is 2.29. The summed E-state index contributed by atoms with van der Waals surface area (Å²) in [6.07, 6.45) is 4.29. The molecule has 0 saturated carbocycles. The van der Waals surface area contributed by atoms with Crippen molar-refractivity contribution in [3.8, 4) is 5.75 Å². The number of allylic oxidation sites excluding steroid dienone is 2. The van der Waals surface area contributed by atoms with Crippen LogP contribution < -0.4 is 5.43 Å². The first-order chi connectivity index (χ1) is 15.3. The van der Waals surface area contributed by atoms with Crippen molar-refractivity contribution in [2.45, 2.75) is 33.2 Å². The van der Waals surface area contributed by atoms with Crippen molar-refractivity contribution in [3.63, 3.8) is 0 Å². The molecule has 1 aromatic carbocycles. The second kappa shape index (κ2) is 10.1. The first-order valence-electron chi connectivity index (χ1n) is 10.3. The molecular formula is C23H25F2N3O3S. The molecule has 0 spiro atoms. The highest BCUT2D eigenvalue weighted by atomic mass is 32.2. The van der Waals surface area contributed by atoms with Crippen molar-refractivity contribution in [1.82, 2.24) is 9.47 Å². The molecule has 1 aliphatic heterocycles. The van der Waals surface area contributed by atoms with E-state index in [4.69, 9.17) is 0 Å². The zero-order valence-electron chi connectivity index (χ0n) is 18.2. The van der Waals surface area contributed by atoms with Gasteiger partial charge in [-0.2, -0.15) is 0 Å². The van der Waals surface area contributed by atoms with Crippen molar-refractivity contribution in [3.05, 3.63) is 74.1 Å². The molecule has 1 aliphatic rings. The summed E-state index contributed by atoms with van der Waals surface area (Å²) in [4.78, 5) is 32.0. The van der Waals surface area contributed by atoms with Gasteiger partial charge in [-0.1, -0.05) is 30.8 Å². The number of benzene rings is 1. The first kappa shape index (κ1) is 23.7. The van der Waals surface area contributed by atoms with E-state index in [-0.39, 0.29) is 23.6 Å². The molecule has 32 heavy (non-hydrogen) atoms. The Bertz CT molecular complexity index is 1160. The van der Waals surface area contributed by atoms with Gasteiger partial charge in [0.25, 0.3) is 5.91 Å². The number of amides is 1. The molecular weight excluding hydrogens is 436 g/mol. The number of thioether (sulfide) groups is 1. The molecule has 2 heterocycles. The third kappa shape index (κ3) is 4.77. The van der Waals surface area contributed by atoms with Crippen LogP contribution in [-0.2, 0) is 13.0 Å². The number of aromatic nitrogens is 1. The van der Waals surface area contributed by atoms with Gasteiger partial charge in [0.2, 0.25) is 5.43 Å². The summed E-state index contributed by atoms with van der Waals surface area (Å²) in [6, 6.07) is 3.43. The third-order valence-corrected chi connectivity index (χ3v) is 6.38. The van der Waals surface area contributed by atoms with Crippen LogP contribution in [-0.4, -0.2) is 45.7 Å². The number of hydrogen-bond acceptors (Lipinski definition) is 5. The number of pyridine rings is 1. The van der Waals surface area contributed by atoms with Gasteiger partial charge in [0.1, 0.15) is 16.7 Å². The Morgan fingerprint density at radius 2 is 2.00 bits per heavy atom. The maximum Gasteiger partial charge on any atom is 0.274 e. The summed E-state index contributed by atoms with van der Waals surface area (Å²) < 4.78 is 29.0. The Hall–Kier alpha value is -2.94. The standard InChI is InChI=1S/C23H25F2N3O3S/c1-4-6-16(11-14-7-8-15(24)12-18(14)25)32-22(26-3)17-13-28-10-9-27(5-2)23(31)19(28)21(30)20(17)29/h6-8,12-13,30H,4-5,9-11H2,1-3H3/b16-6+,26-22?. The summed E-state index contributed by atoms with van der Waals surface area (Å²) in [5.41, 5.74) is -0.216. The minimum atomic E-state index is -0.681. The second-order valence-electron chi connectivity index (χ2n) is 7.27. The van der Waals surface area contributed by atoms with Gasteiger partial charge in [-0.05, 0) is 29.9 Å². The molecule has 9 heteroatoms. The van der Waals surface area contributed by atoms with Crippen LogP contribution >= 0.6 is 11.8 Å². The molecule has 1 N–H and O–H groups in total. The van der Waals surface area contributed by atoms with E-state index in [9.17, 15) is 23.5 Å². The van der Waals surface area contributed by atoms with Gasteiger partial charge in [0, 0.05) is 45.4 Å². The van der Waals surface area contributed by atoms with Gasteiger partial charge in [0.15, 0.2) is 11.4 Å². The minimum absolute atomic E-state index is 0.0231. The van der Waals surface area contributed by atoms with E-state index < -0.39 is 22.8 Å². The van der Waals surface area contributed by atoms with E-state index in [1.807, 2.05) is 19.9 Å². The van der Waals surface area contributed by atoms with Crippen LogP contribution in [0.1, 0.15) is 41.9 Å². The Labute approximate surface area is 189 Å². The number of carbonyl (C=O) groups is 1. The molecule has 0 radical (unpaired) electrons. The number of halogens is 2. The molecule has 0 saturated heterocycles. The van der Waals surface area contributed by atoms with Gasteiger partial charge in [-0.25, -0.2) is 8.78 Å². The summed E-state index contributed by atoms with van der Waals surface area (Å²) in [5.74, 6) is -2.28. The highest BCUT2D eigenvalue weighted by molar-refractivity contribution is 8.17. The number of hydrogen-bond donors (Lipinski definition) is 1. The van der Waals surface area contributed by atoms with Crippen molar-refractivity contribution < 1.29 is 18.7 Å². The van der Waals surface area contributed by atoms with Gasteiger partial charge in [-0.15, -0.1) is 0 Å². The quantitative estimate of drug-likeness (QED) is 0.522. The maximum absolute atomic E-state index is 14.2. The third-order valence-electron chi connectivity index (χ3n) is 5.21. The van der Waals surface area contributed by atoms with Crippen LogP contribution in [0.5, 0.6) is 5.75 Å². The van der Waals surface area contributed by atoms with Crippen LogP contribution in [0.25, 0.3) is 0 Å². The van der Waals surface area contributed by atoms with Gasteiger partial charge in [0.05, 0.1) is 5.56 Å². The Balaban J connectivity index is 1.96. The second-order valence-corrected chi connectivity index (χ2v) is 8.38. The van der Waals surface area contributed by atoms with Crippen LogP contribution in [0.3, 0.4) is 0 Å². The fourth-order valence-electron chi connectivity index (χ4n) is 3.56. The van der Waals surface area contributed by atoms with Crippen molar-refractivity contribution >= 4 is 22.7 Å². The van der Waals surface area contributed by atoms with E-state index in [1.165, 1.54) is 30.9 Å². The molecule has 1 amide bonds. The predicted molar refractivity (Wildman–Crippen MR) is 122 cm³/mol. The predicted octanol–water partition coefficient (Wildman–Crippen LogP) is 3.95. The van der Waals surface area contributed by atoms with E-state index in [2.05, 4.69) is 4.99 Å². The molecule has 1 aromatic heterocycles. The number of rotatable bonds is 6. The average molecular weight is 462 g/mol. The lowest BCUT2D eigenvalue weighted by atomic mass is 10.1. The Morgan fingerprint density at radius 3 is 2.62 bits per heavy atom. The lowest BCUT2D eigenvalue weighted by Crippen LogP contribution is -2.42. The van der Waals surface area contributed by atoms with E-state index >= 15 is 0 Å². The van der Waals surface area contributed by atoms with Crippen molar-refractivity contribution in [1.29, 1.82) is 0 Å². The van der Waals surface area contributed by atoms with Crippen LogP contribution in [0, 0.1) is 11.6 Å².